The van der Waals surface area contributed by atoms with Crippen LogP contribution in [0.5, 0.6) is 0 Å². The molecule has 3 heteroatoms. The summed E-state index contributed by atoms with van der Waals surface area (Å²) in [4.78, 5) is 2.34. The second-order valence-corrected chi connectivity index (χ2v) is 4.37. The molecule has 0 spiro atoms. The molecule has 2 unspecified atom stereocenters. The first kappa shape index (κ1) is 10.7. The van der Waals surface area contributed by atoms with Crippen molar-refractivity contribution in [3.63, 3.8) is 0 Å². The summed E-state index contributed by atoms with van der Waals surface area (Å²) in [5.41, 5.74) is 0. The summed E-state index contributed by atoms with van der Waals surface area (Å²) in [6.45, 7) is 4.02. The fraction of sp³-hybridized carbons (Fsp3) is 0.667. The molecule has 0 aromatic carbocycles. The highest BCUT2D eigenvalue weighted by atomic mass is 16.4. The molecule has 0 amide bonds. The van der Waals surface area contributed by atoms with Crippen LogP contribution in [0.15, 0.2) is 22.8 Å². The lowest BCUT2D eigenvalue weighted by molar-refractivity contribution is 0.0609. The standard InChI is InChI=1S/C12H19NO2/c1-10-5-2-3-7-13(10)9-11(14)12-6-4-8-15-12/h4,6,8,10-11,14H,2-3,5,7,9H2,1H3. The molecule has 3 nitrogen and oxygen atoms in total. The molecule has 0 bridgehead atoms. The van der Waals surface area contributed by atoms with E-state index in [2.05, 4.69) is 11.8 Å². The molecule has 84 valence electrons. The summed E-state index contributed by atoms with van der Waals surface area (Å²) >= 11 is 0. The molecular weight excluding hydrogens is 190 g/mol. The Morgan fingerprint density at radius 2 is 2.47 bits per heavy atom. The first-order chi connectivity index (χ1) is 7.27. The Morgan fingerprint density at radius 3 is 3.13 bits per heavy atom. The third kappa shape index (κ3) is 2.61. The van der Waals surface area contributed by atoms with E-state index in [1.54, 1.807) is 6.26 Å². The fourth-order valence-electron chi connectivity index (χ4n) is 2.22. The normalized spacial score (nSPS) is 25.3. The molecule has 15 heavy (non-hydrogen) atoms. The minimum atomic E-state index is -0.486. The van der Waals surface area contributed by atoms with Crippen LogP contribution in [-0.2, 0) is 0 Å². The zero-order chi connectivity index (χ0) is 10.7. The third-order valence-electron chi connectivity index (χ3n) is 3.22. The van der Waals surface area contributed by atoms with Crippen LogP contribution in [0.2, 0.25) is 0 Å². The number of hydrogen-bond acceptors (Lipinski definition) is 3. The van der Waals surface area contributed by atoms with Crippen LogP contribution in [0.3, 0.4) is 0 Å². The summed E-state index contributed by atoms with van der Waals surface area (Å²) in [5, 5.41) is 9.94. The van der Waals surface area contributed by atoms with Gasteiger partial charge in [-0.1, -0.05) is 6.42 Å². The number of β-amino-alcohol motifs (C(OH)–C–C–N with tert-alkyl or cyclic N) is 1. The van der Waals surface area contributed by atoms with Crippen LogP contribution in [0.1, 0.15) is 38.1 Å². The Balaban J connectivity index is 1.90. The smallest absolute Gasteiger partial charge is 0.133 e. The van der Waals surface area contributed by atoms with Crippen molar-refractivity contribution in [3.05, 3.63) is 24.2 Å². The number of furan rings is 1. The van der Waals surface area contributed by atoms with E-state index in [0.29, 0.717) is 18.3 Å². The topological polar surface area (TPSA) is 36.6 Å². The number of aliphatic hydroxyl groups excluding tert-OH is 1. The van der Waals surface area contributed by atoms with Gasteiger partial charge in [0.05, 0.1) is 6.26 Å². The average Bonchev–Trinajstić information content (AvgIpc) is 2.74. The van der Waals surface area contributed by atoms with E-state index < -0.39 is 6.10 Å². The number of aliphatic hydroxyl groups is 1. The first-order valence-electron chi connectivity index (χ1n) is 5.73. The number of likely N-dealkylation sites (tertiary alicyclic amines) is 1. The summed E-state index contributed by atoms with van der Waals surface area (Å²) in [6, 6.07) is 4.24. The average molecular weight is 209 g/mol. The van der Waals surface area contributed by atoms with Gasteiger partial charge in [0, 0.05) is 12.6 Å². The van der Waals surface area contributed by atoms with Crippen molar-refractivity contribution < 1.29 is 9.52 Å². The van der Waals surface area contributed by atoms with Crippen LogP contribution in [0.4, 0.5) is 0 Å². The fourth-order valence-corrected chi connectivity index (χ4v) is 2.22. The predicted molar refractivity (Wildman–Crippen MR) is 58.6 cm³/mol. The zero-order valence-corrected chi connectivity index (χ0v) is 9.22. The Labute approximate surface area is 90.7 Å². The van der Waals surface area contributed by atoms with Gasteiger partial charge in [-0.3, -0.25) is 4.90 Å². The maximum absolute atomic E-state index is 9.94. The molecule has 1 N–H and O–H groups in total. The molecule has 1 saturated heterocycles. The van der Waals surface area contributed by atoms with Crippen molar-refractivity contribution >= 4 is 0 Å². The predicted octanol–water partition coefficient (Wildman–Crippen LogP) is 2.19. The molecule has 0 radical (unpaired) electrons. The van der Waals surface area contributed by atoms with Gasteiger partial charge >= 0.3 is 0 Å². The van der Waals surface area contributed by atoms with Gasteiger partial charge in [-0.05, 0) is 38.4 Å². The van der Waals surface area contributed by atoms with Crippen LogP contribution in [0, 0.1) is 0 Å². The monoisotopic (exact) mass is 209 g/mol. The van der Waals surface area contributed by atoms with Crippen molar-refractivity contribution in [2.45, 2.75) is 38.3 Å². The number of nitrogens with zero attached hydrogens (tertiary/aromatic N) is 1. The second kappa shape index (κ2) is 4.81. The second-order valence-electron chi connectivity index (χ2n) is 4.37. The molecule has 2 heterocycles. The van der Waals surface area contributed by atoms with E-state index in [4.69, 9.17) is 4.42 Å². The van der Waals surface area contributed by atoms with Crippen molar-refractivity contribution in [1.29, 1.82) is 0 Å². The third-order valence-corrected chi connectivity index (χ3v) is 3.22. The van der Waals surface area contributed by atoms with Crippen molar-refractivity contribution in [2.24, 2.45) is 0 Å². The first-order valence-corrected chi connectivity index (χ1v) is 5.73. The van der Waals surface area contributed by atoms with Crippen molar-refractivity contribution in [2.75, 3.05) is 13.1 Å². The quantitative estimate of drug-likeness (QED) is 0.829. The summed E-state index contributed by atoms with van der Waals surface area (Å²) in [5.74, 6) is 0.674. The maximum atomic E-state index is 9.94. The lowest BCUT2D eigenvalue weighted by atomic mass is 10.0. The lowest BCUT2D eigenvalue weighted by Gasteiger charge is -2.34. The van der Waals surface area contributed by atoms with Gasteiger partial charge in [-0.25, -0.2) is 0 Å². The Morgan fingerprint density at radius 1 is 1.60 bits per heavy atom. The highest BCUT2D eigenvalue weighted by Crippen LogP contribution is 2.21. The minimum absolute atomic E-state index is 0.486. The van der Waals surface area contributed by atoms with Crippen LogP contribution in [-0.4, -0.2) is 29.1 Å². The molecule has 0 saturated carbocycles. The number of hydrogen-bond donors (Lipinski definition) is 1. The van der Waals surface area contributed by atoms with E-state index >= 15 is 0 Å². The van der Waals surface area contributed by atoms with Gasteiger partial charge in [-0.2, -0.15) is 0 Å². The van der Waals surface area contributed by atoms with Gasteiger partial charge in [0.1, 0.15) is 11.9 Å². The highest BCUT2D eigenvalue weighted by Gasteiger charge is 2.22. The minimum Gasteiger partial charge on any atom is -0.467 e. The number of rotatable bonds is 3. The zero-order valence-electron chi connectivity index (χ0n) is 9.22. The van der Waals surface area contributed by atoms with Crippen molar-refractivity contribution in [1.82, 2.24) is 4.90 Å². The molecule has 1 aromatic rings. The van der Waals surface area contributed by atoms with E-state index in [1.165, 1.54) is 19.3 Å². The molecule has 2 rings (SSSR count). The number of piperidine rings is 1. The van der Waals surface area contributed by atoms with E-state index in [9.17, 15) is 5.11 Å². The van der Waals surface area contributed by atoms with Gasteiger partial charge < -0.3 is 9.52 Å². The molecule has 1 aliphatic rings. The van der Waals surface area contributed by atoms with E-state index in [-0.39, 0.29) is 0 Å². The summed E-state index contributed by atoms with van der Waals surface area (Å²) in [6.07, 6.45) is 4.92. The molecule has 1 aromatic heterocycles. The van der Waals surface area contributed by atoms with E-state index in [1.807, 2.05) is 12.1 Å². The van der Waals surface area contributed by atoms with Crippen LogP contribution >= 0.6 is 0 Å². The SMILES string of the molecule is CC1CCCCN1CC(O)c1ccco1. The van der Waals surface area contributed by atoms with Gasteiger partial charge in [-0.15, -0.1) is 0 Å². The van der Waals surface area contributed by atoms with Gasteiger partial charge in [0.25, 0.3) is 0 Å². The summed E-state index contributed by atoms with van der Waals surface area (Å²) in [7, 11) is 0. The maximum Gasteiger partial charge on any atom is 0.133 e. The summed E-state index contributed by atoms with van der Waals surface area (Å²) < 4.78 is 5.20. The van der Waals surface area contributed by atoms with Crippen molar-refractivity contribution in [3.8, 4) is 0 Å². The van der Waals surface area contributed by atoms with Gasteiger partial charge in [0.15, 0.2) is 0 Å². The molecule has 2 atom stereocenters. The molecular formula is C12H19NO2. The van der Waals surface area contributed by atoms with Crippen LogP contribution in [0.25, 0.3) is 0 Å². The Kier molecular flexibility index (Phi) is 3.44. The van der Waals surface area contributed by atoms with Crippen LogP contribution < -0.4 is 0 Å². The Bertz CT molecular complexity index is 284. The van der Waals surface area contributed by atoms with Gasteiger partial charge in [0.2, 0.25) is 0 Å². The molecule has 1 fully saturated rings. The molecule has 0 aliphatic carbocycles. The highest BCUT2D eigenvalue weighted by molar-refractivity contribution is 5.02. The molecule has 1 aliphatic heterocycles. The Hall–Kier alpha value is -0.800. The van der Waals surface area contributed by atoms with E-state index in [0.717, 1.165) is 6.54 Å². The largest absolute Gasteiger partial charge is 0.467 e. The lowest BCUT2D eigenvalue weighted by Crippen LogP contribution is -2.40.